The third-order valence-corrected chi connectivity index (χ3v) is 5.29. The minimum Gasteiger partial charge on any atom is -0.346 e. The Hall–Kier alpha value is -2.21. The van der Waals surface area contributed by atoms with Gasteiger partial charge in [0.1, 0.15) is 5.65 Å². The molecule has 4 heterocycles. The fourth-order valence-corrected chi connectivity index (χ4v) is 3.74. The molecule has 0 atom stereocenters. The monoisotopic (exact) mass is 323 g/mol. The van der Waals surface area contributed by atoms with E-state index in [9.17, 15) is 0 Å². The summed E-state index contributed by atoms with van der Waals surface area (Å²) < 4.78 is 5.36. The summed E-state index contributed by atoms with van der Waals surface area (Å²) in [5.41, 5.74) is 2.41. The van der Waals surface area contributed by atoms with E-state index in [0.717, 1.165) is 49.8 Å². The first-order valence-corrected chi connectivity index (χ1v) is 8.83. The first-order valence-electron chi connectivity index (χ1n) is 8.83. The Balaban J connectivity index is 1.23. The van der Waals surface area contributed by atoms with Crippen LogP contribution in [-0.4, -0.2) is 38.1 Å². The van der Waals surface area contributed by atoms with E-state index in [0.29, 0.717) is 11.8 Å². The third kappa shape index (κ3) is 2.60. The molecular weight excluding hydrogens is 302 g/mol. The van der Waals surface area contributed by atoms with Gasteiger partial charge in [-0.25, -0.2) is 4.98 Å². The van der Waals surface area contributed by atoms with Crippen LogP contribution in [0.4, 0.5) is 0 Å². The number of nitrogens with one attached hydrogen (secondary N) is 1. The number of hydrogen-bond donors (Lipinski definition) is 1. The Bertz CT molecular complexity index is 842. The molecule has 1 aliphatic heterocycles. The maximum Gasteiger partial charge on any atom is 0.229 e. The summed E-state index contributed by atoms with van der Waals surface area (Å²) in [5.74, 6) is 2.82. The average molecular weight is 323 g/mol. The van der Waals surface area contributed by atoms with Crippen LogP contribution in [0.3, 0.4) is 0 Å². The van der Waals surface area contributed by atoms with Crippen molar-refractivity contribution in [3.05, 3.63) is 41.8 Å². The van der Waals surface area contributed by atoms with Crippen molar-refractivity contribution >= 4 is 11.0 Å². The van der Waals surface area contributed by atoms with Crippen LogP contribution in [0.15, 0.2) is 29.0 Å². The van der Waals surface area contributed by atoms with Crippen molar-refractivity contribution in [2.24, 2.45) is 0 Å². The SMILES string of the molecule is c1cnc2[nH]cc(C3CCN(Cc4noc(C5CC5)n4)CC3)c2c1. The number of likely N-dealkylation sites (tertiary alicyclic amines) is 1. The molecule has 5 rings (SSSR count). The molecule has 0 bridgehead atoms. The zero-order valence-electron chi connectivity index (χ0n) is 13.6. The summed E-state index contributed by atoms with van der Waals surface area (Å²) in [6.45, 7) is 2.95. The Morgan fingerprint density at radius 1 is 1.17 bits per heavy atom. The maximum absolute atomic E-state index is 5.36. The quantitative estimate of drug-likeness (QED) is 0.798. The summed E-state index contributed by atoms with van der Waals surface area (Å²) in [5, 5.41) is 5.41. The van der Waals surface area contributed by atoms with E-state index < -0.39 is 0 Å². The number of hydrogen-bond acceptors (Lipinski definition) is 5. The Morgan fingerprint density at radius 2 is 2.04 bits per heavy atom. The molecule has 2 fully saturated rings. The van der Waals surface area contributed by atoms with Gasteiger partial charge in [-0.3, -0.25) is 4.90 Å². The lowest BCUT2D eigenvalue weighted by molar-refractivity contribution is 0.198. The summed E-state index contributed by atoms with van der Waals surface area (Å²) in [7, 11) is 0. The predicted molar refractivity (Wildman–Crippen MR) is 89.6 cm³/mol. The van der Waals surface area contributed by atoms with Gasteiger partial charge in [0.2, 0.25) is 5.89 Å². The first-order chi connectivity index (χ1) is 11.9. The van der Waals surface area contributed by atoms with Gasteiger partial charge in [-0.1, -0.05) is 5.16 Å². The number of nitrogens with zero attached hydrogens (tertiary/aromatic N) is 4. The van der Waals surface area contributed by atoms with Crippen molar-refractivity contribution < 1.29 is 4.52 Å². The zero-order chi connectivity index (χ0) is 15.9. The molecule has 0 spiro atoms. The van der Waals surface area contributed by atoms with Crippen LogP contribution in [0, 0.1) is 0 Å². The molecule has 1 saturated heterocycles. The fourth-order valence-electron chi connectivity index (χ4n) is 3.74. The molecule has 6 nitrogen and oxygen atoms in total. The van der Waals surface area contributed by atoms with Crippen LogP contribution in [0.5, 0.6) is 0 Å². The van der Waals surface area contributed by atoms with E-state index in [1.807, 2.05) is 12.3 Å². The Labute approximate surface area is 140 Å². The molecule has 1 saturated carbocycles. The van der Waals surface area contributed by atoms with Crippen LogP contribution in [-0.2, 0) is 6.54 Å². The maximum atomic E-state index is 5.36. The number of piperidine rings is 1. The molecule has 3 aromatic rings. The molecule has 1 aliphatic carbocycles. The van der Waals surface area contributed by atoms with Crippen molar-refractivity contribution in [2.75, 3.05) is 13.1 Å². The predicted octanol–water partition coefficient (Wildman–Crippen LogP) is 3.20. The second-order valence-corrected chi connectivity index (χ2v) is 7.02. The Morgan fingerprint density at radius 3 is 2.88 bits per heavy atom. The topological polar surface area (TPSA) is 70.8 Å². The number of pyridine rings is 1. The molecule has 24 heavy (non-hydrogen) atoms. The van der Waals surface area contributed by atoms with Gasteiger partial charge in [-0.15, -0.1) is 0 Å². The molecule has 3 aromatic heterocycles. The van der Waals surface area contributed by atoms with E-state index in [4.69, 9.17) is 4.52 Å². The normalized spacial score (nSPS) is 20.0. The Kier molecular flexibility index (Phi) is 3.36. The van der Waals surface area contributed by atoms with Gasteiger partial charge in [0.25, 0.3) is 0 Å². The zero-order valence-corrected chi connectivity index (χ0v) is 13.6. The minimum atomic E-state index is 0.535. The van der Waals surface area contributed by atoms with E-state index in [1.54, 1.807) is 0 Å². The number of aromatic amines is 1. The molecule has 6 heteroatoms. The van der Waals surface area contributed by atoms with Crippen LogP contribution >= 0.6 is 0 Å². The number of H-pyrrole nitrogens is 1. The van der Waals surface area contributed by atoms with Gasteiger partial charge in [-0.05, 0) is 62.4 Å². The van der Waals surface area contributed by atoms with E-state index in [1.165, 1.54) is 23.8 Å². The number of rotatable bonds is 4. The van der Waals surface area contributed by atoms with Gasteiger partial charge in [0.05, 0.1) is 6.54 Å². The smallest absolute Gasteiger partial charge is 0.229 e. The highest BCUT2D eigenvalue weighted by Gasteiger charge is 2.30. The summed E-state index contributed by atoms with van der Waals surface area (Å²) in [6, 6.07) is 4.18. The van der Waals surface area contributed by atoms with Crippen molar-refractivity contribution in [2.45, 2.75) is 44.1 Å². The summed E-state index contributed by atoms with van der Waals surface area (Å²) in [6.07, 6.45) is 8.70. The molecule has 1 N–H and O–H groups in total. The highest BCUT2D eigenvalue weighted by atomic mass is 16.5. The van der Waals surface area contributed by atoms with Crippen LogP contribution in [0.2, 0.25) is 0 Å². The molecular formula is C18H21N5O. The lowest BCUT2D eigenvalue weighted by atomic mass is 9.89. The van der Waals surface area contributed by atoms with Gasteiger partial charge in [0.15, 0.2) is 5.82 Å². The van der Waals surface area contributed by atoms with Gasteiger partial charge in [-0.2, -0.15) is 4.98 Å². The molecule has 0 amide bonds. The summed E-state index contributed by atoms with van der Waals surface area (Å²) >= 11 is 0. The highest BCUT2D eigenvalue weighted by molar-refractivity contribution is 5.80. The van der Waals surface area contributed by atoms with Crippen LogP contribution < -0.4 is 0 Å². The highest BCUT2D eigenvalue weighted by Crippen LogP contribution is 2.39. The van der Waals surface area contributed by atoms with E-state index in [2.05, 4.69) is 37.3 Å². The minimum absolute atomic E-state index is 0.535. The van der Waals surface area contributed by atoms with Crippen LogP contribution in [0.1, 0.15) is 54.8 Å². The lowest BCUT2D eigenvalue weighted by Gasteiger charge is -2.30. The van der Waals surface area contributed by atoms with Gasteiger partial charge < -0.3 is 9.51 Å². The molecule has 2 aliphatic rings. The molecule has 124 valence electrons. The van der Waals surface area contributed by atoms with Crippen molar-refractivity contribution in [3.8, 4) is 0 Å². The van der Waals surface area contributed by atoms with Crippen LogP contribution in [0.25, 0.3) is 11.0 Å². The standard InChI is InChI=1S/C18H21N5O/c1-2-14-15(10-20-17(14)19-7-1)12-5-8-23(9-6-12)11-16-21-18(24-22-16)13-3-4-13/h1-2,7,10,12-13H,3-6,8-9,11H2,(H,19,20). The largest absolute Gasteiger partial charge is 0.346 e. The lowest BCUT2D eigenvalue weighted by Crippen LogP contribution is -2.32. The third-order valence-electron chi connectivity index (χ3n) is 5.29. The van der Waals surface area contributed by atoms with Gasteiger partial charge >= 0.3 is 0 Å². The van der Waals surface area contributed by atoms with Gasteiger partial charge in [0, 0.05) is 23.7 Å². The molecule has 0 aromatic carbocycles. The first kappa shape index (κ1) is 14.2. The van der Waals surface area contributed by atoms with Crippen molar-refractivity contribution in [1.29, 1.82) is 0 Å². The molecule has 0 unspecified atom stereocenters. The fraction of sp³-hybridized carbons (Fsp3) is 0.500. The van der Waals surface area contributed by atoms with Crippen molar-refractivity contribution in [3.63, 3.8) is 0 Å². The molecule has 0 radical (unpaired) electrons. The van der Waals surface area contributed by atoms with E-state index in [-0.39, 0.29) is 0 Å². The number of aromatic nitrogens is 4. The second kappa shape index (κ2) is 5.70. The number of fused-ring (bicyclic) bond motifs is 1. The average Bonchev–Trinajstić information content (AvgIpc) is 3.22. The second-order valence-electron chi connectivity index (χ2n) is 7.02. The summed E-state index contributed by atoms with van der Waals surface area (Å²) in [4.78, 5) is 14.7. The van der Waals surface area contributed by atoms with Crippen molar-refractivity contribution in [1.82, 2.24) is 25.0 Å². The van der Waals surface area contributed by atoms with E-state index >= 15 is 0 Å².